The lowest BCUT2D eigenvalue weighted by Crippen LogP contribution is -2.34. The maximum absolute atomic E-state index is 3.76. The lowest BCUT2D eigenvalue weighted by molar-refractivity contribution is 0.548. The van der Waals surface area contributed by atoms with Crippen molar-refractivity contribution in [2.24, 2.45) is 0 Å². The van der Waals surface area contributed by atoms with Crippen LogP contribution in [0.1, 0.15) is 22.4 Å². The number of nitrogens with one attached hydrogen (secondary N) is 2. The van der Waals surface area contributed by atoms with Gasteiger partial charge in [-0.05, 0) is 84.3 Å². The maximum atomic E-state index is 3.76. The third-order valence-corrected chi connectivity index (χ3v) is 9.25. The number of thiophene rings is 2. The van der Waals surface area contributed by atoms with Gasteiger partial charge >= 0.3 is 0 Å². The number of halogens is 2. The molecule has 2 heterocycles. The first-order valence-electron chi connectivity index (χ1n) is 11.2. The highest BCUT2D eigenvalue weighted by molar-refractivity contribution is 9.09. The molecule has 32 heavy (non-hydrogen) atoms. The van der Waals surface area contributed by atoms with Crippen molar-refractivity contribution in [3.63, 3.8) is 0 Å². The summed E-state index contributed by atoms with van der Waals surface area (Å²) in [7, 11) is 2.06. The Morgan fingerprint density at radius 3 is 2.38 bits per heavy atom. The SMILES string of the molecule is CNC(CCBr)Cc1ccc2cc(CCNC(CBr)Cc3ccc4ccsc4c3)sc2c1. The Labute approximate surface area is 216 Å². The quantitative estimate of drug-likeness (QED) is 0.170. The topological polar surface area (TPSA) is 24.1 Å². The van der Waals surface area contributed by atoms with Crippen LogP contribution in [0.3, 0.4) is 0 Å². The fourth-order valence-electron chi connectivity index (χ4n) is 4.14. The number of likely N-dealkylation sites (N-methyl/N-ethyl adjacent to an activating group) is 1. The molecular weight excluding hydrogens is 564 g/mol. The van der Waals surface area contributed by atoms with Gasteiger partial charge in [0.15, 0.2) is 0 Å². The van der Waals surface area contributed by atoms with Gasteiger partial charge in [-0.3, -0.25) is 0 Å². The summed E-state index contributed by atoms with van der Waals surface area (Å²) >= 11 is 11.0. The fraction of sp³-hybridized carbons (Fsp3) is 0.385. The Kier molecular flexibility index (Phi) is 9.21. The van der Waals surface area contributed by atoms with Crippen molar-refractivity contribution < 1.29 is 0 Å². The van der Waals surface area contributed by atoms with E-state index in [2.05, 4.69) is 103 Å². The Balaban J connectivity index is 1.32. The van der Waals surface area contributed by atoms with Crippen molar-refractivity contribution in [3.05, 3.63) is 69.9 Å². The van der Waals surface area contributed by atoms with Crippen LogP contribution >= 0.6 is 54.5 Å². The Bertz CT molecular complexity index is 1140. The maximum Gasteiger partial charge on any atom is 0.0348 e. The van der Waals surface area contributed by atoms with Crippen molar-refractivity contribution in [1.29, 1.82) is 0 Å². The summed E-state index contributed by atoms with van der Waals surface area (Å²) in [6.45, 7) is 1.00. The van der Waals surface area contributed by atoms with E-state index in [-0.39, 0.29) is 0 Å². The molecule has 2 N–H and O–H groups in total. The number of hydrogen-bond acceptors (Lipinski definition) is 4. The molecule has 0 fully saturated rings. The van der Waals surface area contributed by atoms with Crippen LogP contribution in [0.25, 0.3) is 20.2 Å². The van der Waals surface area contributed by atoms with E-state index in [0.717, 1.165) is 42.9 Å². The van der Waals surface area contributed by atoms with Crippen LogP contribution in [-0.4, -0.2) is 36.3 Å². The van der Waals surface area contributed by atoms with Crippen LogP contribution in [0.4, 0.5) is 0 Å². The van der Waals surface area contributed by atoms with Crippen molar-refractivity contribution in [2.45, 2.75) is 37.8 Å². The van der Waals surface area contributed by atoms with Gasteiger partial charge in [-0.15, -0.1) is 22.7 Å². The first-order chi connectivity index (χ1) is 15.7. The monoisotopic (exact) mass is 592 g/mol. The summed E-state index contributed by atoms with van der Waals surface area (Å²) in [6, 6.07) is 19.4. The van der Waals surface area contributed by atoms with Gasteiger partial charge in [0.2, 0.25) is 0 Å². The van der Waals surface area contributed by atoms with Gasteiger partial charge in [-0.1, -0.05) is 56.1 Å². The van der Waals surface area contributed by atoms with Crippen molar-refractivity contribution in [1.82, 2.24) is 10.6 Å². The van der Waals surface area contributed by atoms with Crippen LogP contribution in [0.5, 0.6) is 0 Å². The van der Waals surface area contributed by atoms with Crippen LogP contribution in [-0.2, 0) is 19.3 Å². The molecule has 0 aliphatic carbocycles. The zero-order chi connectivity index (χ0) is 22.3. The third-order valence-electron chi connectivity index (χ3n) is 5.98. The van der Waals surface area contributed by atoms with E-state index in [1.807, 2.05) is 22.7 Å². The van der Waals surface area contributed by atoms with E-state index >= 15 is 0 Å². The molecule has 0 aliphatic rings. The molecule has 2 aromatic heterocycles. The summed E-state index contributed by atoms with van der Waals surface area (Å²) in [5.74, 6) is 0. The smallest absolute Gasteiger partial charge is 0.0348 e. The standard InChI is InChI=1S/C26H30Br2N2S2/c1-29-22(6-9-27)12-18-3-5-21-16-24(32-26(21)15-18)7-10-30-23(17-28)13-19-2-4-20-8-11-31-25(20)14-19/h2-5,8,11,14-16,22-23,29-30H,6-7,9-10,12-13,17H2,1H3. The zero-order valence-electron chi connectivity index (χ0n) is 18.4. The highest BCUT2D eigenvalue weighted by atomic mass is 79.9. The van der Waals surface area contributed by atoms with Crippen molar-refractivity contribution in [2.75, 3.05) is 24.3 Å². The number of rotatable bonds is 12. The summed E-state index contributed by atoms with van der Waals surface area (Å²) in [4.78, 5) is 1.46. The third kappa shape index (κ3) is 6.43. The van der Waals surface area contributed by atoms with Crippen LogP contribution in [0, 0.1) is 0 Å². The van der Waals surface area contributed by atoms with Gasteiger partial charge in [0, 0.05) is 43.6 Å². The first kappa shape index (κ1) is 24.4. The van der Waals surface area contributed by atoms with Gasteiger partial charge in [0.1, 0.15) is 0 Å². The second-order valence-corrected chi connectivity index (χ2v) is 11.9. The minimum absolute atomic E-state index is 0.446. The molecule has 2 atom stereocenters. The molecule has 0 amide bonds. The van der Waals surface area contributed by atoms with E-state index in [1.54, 1.807) is 0 Å². The minimum Gasteiger partial charge on any atom is -0.317 e. The van der Waals surface area contributed by atoms with Gasteiger partial charge in [0.05, 0.1) is 0 Å². The van der Waals surface area contributed by atoms with E-state index in [9.17, 15) is 0 Å². The Hall–Kier alpha value is -0.760. The molecule has 0 radical (unpaired) electrons. The molecule has 0 saturated carbocycles. The van der Waals surface area contributed by atoms with Crippen LogP contribution < -0.4 is 10.6 Å². The molecule has 4 rings (SSSR count). The number of hydrogen-bond donors (Lipinski definition) is 2. The molecule has 0 aliphatic heterocycles. The number of benzene rings is 2. The summed E-state index contributed by atoms with van der Waals surface area (Å²) in [6.07, 6.45) is 4.35. The highest BCUT2D eigenvalue weighted by Crippen LogP contribution is 2.28. The normalized spacial score (nSPS) is 13.7. The fourth-order valence-corrected chi connectivity index (χ4v) is 7.13. The Morgan fingerprint density at radius 2 is 1.62 bits per heavy atom. The Morgan fingerprint density at radius 1 is 0.875 bits per heavy atom. The molecule has 170 valence electrons. The molecule has 0 spiro atoms. The highest BCUT2D eigenvalue weighted by Gasteiger charge is 2.11. The lowest BCUT2D eigenvalue weighted by atomic mass is 10.0. The van der Waals surface area contributed by atoms with E-state index < -0.39 is 0 Å². The van der Waals surface area contributed by atoms with E-state index in [4.69, 9.17) is 0 Å². The second kappa shape index (κ2) is 12.1. The average molecular weight is 594 g/mol. The number of fused-ring (bicyclic) bond motifs is 2. The predicted octanol–water partition coefficient (Wildman–Crippen LogP) is 7.17. The van der Waals surface area contributed by atoms with Gasteiger partial charge in [-0.25, -0.2) is 0 Å². The minimum atomic E-state index is 0.446. The summed E-state index contributed by atoms with van der Waals surface area (Å²) in [5, 5.41) is 14.1. The zero-order valence-corrected chi connectivity index (χ0v) is 23.2. The molecular formula is C26H30Br2N2S2. The average Bonchev–Trinajstić information content (AvgIpc) is 3.43. The molecule has 6 heteroatoms. The molecule has 2 unspecified atom stereocenters. The van der Waals surface area contributed by atoms with E-state index in [0.29, 0.717) is 12.1 Å². The molecule has 0 saturated heterocycles. The predicted molar refractivity (Wildman–Crippen MR) is 152 cm³/mol. The molecule has 4 aromatic rings. The molecule has 2 nitrogen and oxygen atoms in total. The lowest BCUT2D eigenvalue weighted by Gasteiger charge is -2.16. The van der Waals surface area contributed by atoms with Crippen LogP contribution in [0.2, 0.25) is 0 Å². The van der Waals surface area contributed by atoms with Crippen LogP contribution in [0.15, 0.2) is 53.9 Å². The first-order valence-corrected chi connectivity index (χ1v) is 15.1. The molecule has 0 bridgehead atoms. The molecule has 2 aromatic carbocycles. The van der Waals surface area contributed by atoms with Crippen molar-refractivity contribution in [3.8, 4) is 0 Å². The van der Waals surface area contributed by atoms with E-state index in [1.165, 1.54) is 36.2 Å². The second-order valence-electron chi connectivity index (χ2n) is 8.30. The van der Waals surface area contributed by atoms with Gasteiger partial charge in [0.25, 0.3) is 0 Å². The van der Waals surface area contributed by atoms with Gasteiger partial charge in [-0.2, -0.15) is 0 Å². The summed E-state index contributed by atoms with van der Waals surface area (Å²) < 4.78 is 2.79. The summed E-state index contributed by atoms with van der Waals surface area (Å²) in [5.41, 5.74) is 2.83. The largest absolute Gasteiger partial charge is 0.317 e. The van der Waals surface area contributed by atoms with Gasteiger partial charge < -0.3 is 10.6 Å². The number of alkyl halides is 2. The van der Waals surface area contributed by atoms with Crippen molar-refractivity contribution >= 4 is 74.7 Å².